The zero-order chi connectivity index (χ0) is 20.7. The molecule has 0 unspecified atom stereocenters. The maximum absolute atomic E-state index is 12.3. The Labute approximate surface area is 167 Å². The molecule has 8 nitrogen and oxygen atoms in total. The average Bonchev–Trinajstić information content (AvgIpc) is 2.67. The highest BCUT2D eigenvalue weighted by molar-refractivity contribution is 6.32. The maximum Gasteiger partial charge on any atom is 0.273 e. The quantitative estimate of drug-likeness (QED) is 0.372. The van der Waals surface area contributed by atoms with Gasteiger partial charge in [-0.15, -0.1) is 0 Å². The number of anilines is 2. The van der Waals surface area contributed by atoms with Crippen LogP contribution < -0.4 is 25.9 Å². The maximum atomic E-state index is 12.3. The van der Waals surface area contributed by atoms with Crippen LogP contribution in [0.15, 0.2) is 41.5 Å². The molecule has 0 aliphatic carbocycles. The van der Waals surface area contributed by atoms with Crippen LogP contribution in [0.2, 0.25) is 5.02 Å². The van der Waals surface area contributed by atoms with E-state index in [0.29, 0.717) is 39.2 Å². The molecule has 148 valence electrons. The van der Waals surface area contributed by atoms with Crippen molar-refractivity contribution >= 4 is 40.5 Å². The van der Waals surface area contributed by atoms with E-state index in [-0.39, 0.29) is 12.3 Å². The van der Waals surface area contributed by atoms with Crippen molar-refractivity contribution in [1.82, 2.24) is 5.43 Å². The second-order valence-electron chi connectivity index (χ2n) is 5.79. The number of rotatable bonds is 7. The predicted molar refractivity (Wildman–Crippen MR) is 109 cm³/mol. The van der Waals surface area contributed by atoms with Gasteiger partial charge in [-0.25, -0.2) is 5.43 Å². The third-order valence-corrected chi connectivity index (χ3v) is 4.01. The second kappa shape index (κ2) is 9.61. The number of nitrogen functional groups attached to an aromatic ring is 1. The molecule has 0 aromatic heterocycles. The van der Waals surface area contributed by atoms with Gasteiger partial charge in [0, 0.05) is 23.5 Å². The van der Waals surface area contributed by atoms with E-state index in [0.717, 1.165) is 0 Å². The van der Waals surface area contributed by atoms with Crippen LogP contribution in [0, 0.1) is 0 Å². The molecule has 0 spiro atoms. The van der Waals surface area contributed by atoms with E-state index >= 15 is 0 Å². The van der Waals surface area contributed by atoms with Crippen molar-refractivity contribution in [1.29, 1.82) is 0 Å². The zero-order valence-corrected chi connectivity index (χ0v) is 16.5. The third kappa shape index (κ3) is 5.37. The summed E-state index contributed by atoms with van der Waals surface area (Å²) >= 11 is 6.05. The molecule has 28 heavy (non-hydrogen) atoms. The zero-order valence-electron chi connectivity index (χ0n) is 15.7. The van der Waals surface area contributed by atoms with Crippen LogP contribution in [-0.4, -0.2) is 31.7 Å². The van der Waals surface area contributed by atoms with Gasteiger partial charge in [-0.3, -0.25) is 9.59 Å². The first-order valence-corrected chi connectivity index (χ1v) is 8.62. The van der Waals surface area contributed by atoms with Crippen molar-refractivity contribution < 1.29 is 19.1 Å². The number of nitrogens with one attached hydrogen (secondary N) is 2. The lowest BCUT2D eigenvalue weighted by molar-refractivity contribution is -0.115. The highest BCUT2D eigenvalue weighted by Gasteiger charge is 2.14. The number of carbonyl (C=O) groups is 2. The highest BCUT2D eigenvalue weighted by atomic mass is 35.5. The Morgan fingerprint density at radius 3 is 2.46 bits per heavy atom. The van der Waals surface area contributed by atoms with Crippen LogP contribution in [0.3, 0.4) is 0 Å². The lowest BCUT2D eigenvalue weighted by Crippen LogP contribution is -2.22. The first-order valence-electron chi connectivity index (χ1n) is 8.25. The van der Waals surface area contributed by atoms with Crippen molar-refractivity contribution in [2.45, 2.75) is 13.3 Å². The molecule has 2 aromatic rings. The molecule has 0 saturated carbocycles. The summed E-state index contributed by atoms with van der Waals surface area (Å²) in [5, 5.41) is 7.00. The third-order valence-electron chi connectivity index (χ3n) is 3.72. The van der Waals surface area contributed by atoms with E-state index in [1.54, 1.807) is 43.3 Å². The van der Waals surface area contributed by atoms with Crippen molar-refractivity contribution in [3.63, 3.8) is 0 Å². The number of hydrogen-bond donors (Lipinski definition) is 3. The monoisotopic (exact) mass is 404 g/mol. The molecule has 2 aromatic carbocycles. The van der Waals surface area contributed by atoms with Gasteiger partial charge in [0.25, 0.3) is 5.91 Å². The SMILES string of the molecule is COc1cc(NC(=O)CC(C)=NNC(=O)c2ccccc2N)c(OC)cc1Cl. The second-order valence-corrected chi connectivity index (χ2v) is 6.19. The van der Waals surface area contributed by atoms with E-state index in [4.69, 9.17) is 26.8 Å². The molecule has 2 rings (SSSR count). The van der Waals surface area contributed by atoms with Gasteiger partial charge in [0.15, 0.2) is 0 Å². The van der Waals surface area contributed by atoms with Crippen molar-refractivity contribution in [3.8, 4) is 11.5 Å². The highest BCUT2D eigenvalue weighted by Crippen LogP contribution is 2.35. The minimum Gasteiger partial charge on any atom is -0.495 e. The minimum atomic E-state index is -0.457. The van der Waals surface area contributed by atoms with Crippen LogP contribution in [0.1, 0.15) is 23.7 Å². The van der Waals surface area contributed by atoms with Gasteiger partial charge in [0.05, 0.1) is 36.9 Å². The fourth-order valence-electron chi connectivity index (χ4n) is 2.33. The Morgan fingerprint density at radius 1 is 1.14 bits per heavy atom. The first-order chi connectivity index (χ1) is 13.3. The Hall–Kier alpha value is -3.26. The van der Waals surface area contributed by atoms with Crippen molar-refractivity contribution in [2.24, 2.45) is 5.10 Å². The van der Waals surface area contributed by atoms with Crippen LogP contribution >= 0.6 is 11.6 Å². The number of hydrogen-bond acceptors (Lipinski definition) is 6. The number of ether oxygens (including phenoxy) is 2. The summed E-state index contributed by atoms with van der Waals surface area (Å²) in [6.07, 6.45) is -0.0430. The Kier molecular flexibility index (Phi) is 7.22. The van der Waals surface area contributed by atoms with Gasteiger partial charge in [-0.1, -0.05) is 23.7 Å². The Morgan fingerprint density at radius 2 is 1.82 bits per heavy atom. The molecule has 0 saturated heterocycles. The normalized spacial score (nSPS) is 10.9. The number of nitrogens with zero attached hydrogens (tertiary/aromatic N) is 1. The number of nitrogens with two attached hydrogens (primary N) is 1. The average molecular weight is 405 g/mol. The summed E-state index contributed by atoms with van der Waals surface area (Å²) in [6.45, 7) is 1.62. The number of hydrazone groups is 1. The summed E-state index contributed by atoms with van der Waals surface area (Å²) in [7, 11) is 2.93. The number of amides is 2. The van der Waals surface area contributed by atoms with E-state index in [9.17, 15) is 9.59 Å². The fraction of sp³-hybridized carbons (Fsp3) is 0.211. The fourth-order valence-corrected chi connectivity index (χ4v) is 2.57. The number of benzene rings is 2. The smallest absolute Gasteiger partial charge is 0.273 e. The molecular formula is C19H21ClN4O4. The summed E-state index contributed by atoms with van der Waals surface area (Å²) in [4.78, 5) is 24.4. The molecule has 0 atom stereocenters. The van der Waals surface area contributed by atoms with E-state index in [2.05, 4.69) is 15.8 Å². The molecular weight excluding hydrogens is 384 g/mol. The topological polar surface area (TPSA) is 115 Å². The summed E-state index contributed by atoms with van der Waals surface area (Å²) in [5.74, 6) is -0.0168. The van der Waals surface area contributed by atoms with Gasteiger partial charge in [0.1, 0.15) is 11.5 Å². The minimum absolute atomic E-state index is 0.0430. The molecule has 0 heterocycles. The number of carbonyl (C=O) groups excluding carboxylic acids is 2. The van der Waals surface area contributed by atoms with Crippen molar-refractivity contribution in [3.05, 3.63) is 47.0 Å². The van der Waals surface area contributed by atoms with Gasteiger partial charge >= 0.3 is 0 Å². The van der Waals surface area contributed by atoms with Gasteiger partial charge in [0.2, 0.25) is 5.91 Å². The van der Waals surface area contributed by atoms with Gasteiger partial charge < -0.3 is 20.5 Å². The summed E-state index contributed by atoms with van der Waals surface area (Å²) < 4.78 is 10.4. The largest absolute Gasteiger partial charge is 0.495 e. The van der Waals surface area contributed by atoms with Gasteiger partial charge in [-0.05, 0) is 19.1 Å². The first kappa shape index (κ1) is 21.0. The molecule has 0 radical (unpaired) electrons. The molecule has 0 aliphatic rings. The molecule has 4 N–H and O–H groups in total. The van der Waals surface area contributed by atoms with Crippen molar-refractivity contribution in [2.75, 3.05) is 25.3 Å². The molecule has 0 aliphatic heterocycles. The Bertz CT molecular complexity index is 915. The van der Waals surface area contributed by atoms with Crippen LogP contribution in [0.4, 0.5) is 11.4 Å². The lowest BCUT2D eigenvalue weighted by Gasteiger charge is -2.13. The summed E-state index contributed by atoms with van der Waals surface area (Å²) in [6, 6.07) is 9.73. The van der Waals surface area contributed by atoms with Crippen LogP contribution in [0.25, 0.3) is 0 Å². The molecule has 9 heteroatoms. The van der Waals surface area contributed by atoms with E-state index in [1.807, 2.05) is 0 Å². The molecule has 0 fully saturated rings. The number of halogens is 1. The van der Waals surface area contributed by atoms with Crippen LogP contribution in [0.5, 0.6) is 11.5 Å². The van der Waals surface area contributed by atoms with Crippen LogP contribution in [-0.2, 0) is 4.79 Å². The van der Waals surface area contributed by atoms with E-state index in [1.165, 1.54) is 14.2 Å². The Balaban J connectivity index is 2.02. The molecule has 0 bridgehead atoms. The predicted octanol–water partition coefficient (Wildman–Crippen LogP) is 3.07. The van der Waals surface area contributed by atoms with Gasteiger partial charge in [-0.2, -0.15) is 5.10 Å². The molecule has 2 amide bonds. The number of methoxy groups -OCH3 is 2. The number of para-hydroxylation sites is 1. The van der Waals surface area contributed by atoms with E-state index < -0.39 is 5.91 Å². The standard InChI is InChI=1S/C19H21ClN4O4/c1-11(23-24-19(26)12-6-4-5-7-14(12)21)8-18(25)22-15-10-16(27-2)13(20)9-17(15)28-3/h4-7,9-10H,8,21H2,1-3H3,(H,22,25)(H,24,26). The lowest BCUT2D eigenvalue weighted by atomic mass is 10.2. The summed E-state index contributed by atoms with van der Waals surface area (Å²) in [5.41, 5.74) is 9.59.